The van der Waals surface area contributed by atoms with Crippen molar-refractivity contribution in [2.45, 2.75) is 6.18 Å². The van der Waals surface area contributed by atoms with Crippen LogP contribution < -0.4 is 10.2 Å². The van der Waals surface area contributed by atoms with E-state index < -0.39 is 45.1 Å². The summed E-state index contributed by atoms with van der Waals surface area (Å²) in [6.07, 6.45) is -5.05. The van der Waals surface area contributed by atoms with Crippen LogP contribution in [-0.4, -0.2) is 10.9 Å². The number of esters is 1. The van der Waals surface area contributed by atoms with E-state index in [-0.39, 0.29) is 32.3 Å². The number of carbonyl (C=O) groups excluding carboxylic acids is 1. The quantitative estimate of drug-likeness (QED) is 0.125. The van der Waals surface area contributed by atoms with Gasteiger partial charge in [0.05, 0.1) is 26.5 Å². The Morgan fingerprint density at radius 3 is 2.37 bits per heavy atom. The van der Waals surface area contributed by atoms with Gasteiger partial charge in [0.25, 0.3) is 5.69 Å². The fourth-order valence-corrected chi connectivity index (χ4v) is 3.72. The van der Waals surface area contributed by atoms with Gasteiger partial charge in [0, 0.05) is 28.8 Å². The highest BCUT2D eigenvalue weighted by atomic mass is 35.5. The van der Waals surface area contributed by atoms with E-state index in [0.29, 0.717) is 0 Å². The Bertz CT molecular complexity index is 1570. The van der Waals surface area contributed by atoms with Crippen LogP contribution in [0.2, 0.25) is 10.0 Å². The zero-order chi connectivity index (χ0) is 25.5. The van der Waals surface area contributed by atoms with Gasteiger partial charge < -0.3 is 9.15 Å². The molecule has 7 nitrogen and oxygen atoms in total. The van der Waals surface area contributed by atoms with E-state index in [4.69, 9.17) is 32.4 Å². The minimum Gasteiger partial charge on any atom is -0.450 e. The fraction of sp³-hybridized carbons (Fsp3) is 0.0435. The lowest BCUT2D eigenvalue weighted by molar-refractivity contribution is -0.384. The Balaban J connectivity index is 1.82. The summed E-state index contributed by atoms with van der Waals surface area (Å²) in [7, 11) is 0. The van der Waals surface area contributed by atoms with Crippen LogP contribution in [0.3, 0.4) is 0 Å². The second kappa shape index (κ2) is 9.05. The van der Waals surface area contributed by atoms with Crippen molar-refractivity contribution in [3.05, 3.63) is 102 Å². The number of hydrogen-bond donors (Lipinski definition) is 0. The third-order valence-corrected chi connectivity index (χ3v) is 5.51. The molecule has 0 atom stereocenters. The number of fused-ring (bicyclic) bond motifs is 1. The Morgan fingerprint density at radius 1 is 1.00 bits per heavy atom. The van der Waals surface area contributed by atoms with Gasteiger partial charge >= 0.3 is 12.1 Å². The summed E-state index contributed by atoms with van der Waals surface area (Å²) >= 11 is 11.9. The Hall–Kier alpha value is -3.89. The summed E-state index contributed by atoms with van der Waals surface area (Å²) in [5, 5.41) is 10.5. The SMILES string of the molecule is O=C(Oc1ccc2c(=O)c(-c3ccccc3Cl)c(C(F)(F)F)oc2c1)c1cc([N+](=O)[O-])ccc1Cl. The molecule has 0 saturated heterocycles. The molecule has 35 heavy (non-hydrogen) atoms. The number of rotatable bonds is 4. The predicted molar refractivity (Wildman–Crippen MR) is 121 cm³/mol. The van der Waals surface area contributed by atoms with Gasteiger partial charge in [0.1, 0.15) is 11.3 Å². The molecule has 0 bridgehead atoms. The molecule has 0 radical (unpaired) electrons. The minimum absolute atomic E-state index is 0.0796. The lowest BCUT2D eigenvalue weighted by atomic mass is 10.0. The molecule has 0 saturated carbocycles. The van der Waals surface area contributed by atoms with Crippen LogP contribution in [0.1, 0.15) is 16.1 Å². The van der Waals surface area contributed by atoms with E-state index in [1.807, 2.05) is 0 Å². The van der Waals surface area contributed by atoms with Crippen molar-refractivity contribution in [2.24, 2.45) is 0 Å². The van der Waals surface area contributed by atoms with Crippen molar-refractivity contribution < 1.29 is 32.0 Å². The third kappa shape index (κ3) is 4.71. The molecule has 3 aromatic carbocycles. The molecule has 4 rings (SSSR count). The molecule has 0 amide bonds. The second-order valence-electron chi connectivity index (χ2n) is 7.08. The number of ether oxygens (including phenoxy) is 1. The van der Waals surface area contributed by atoms with Crippen LogP contribution in [0.4, 0.5) is 18.9 Å². The highest BCUT2D eigenvalue weighted by Crippen LogP contribution is 2.39. The summed E-state index contributed by atoms with van der Waals surface area (Å²) in [5.74, 6) is -2.97. The van der Waals surface area contributed by atoms with Gasteiger partial charge in [-0.25, -0.2) is 4.79 Å². The lowest BCUT2D eigenvalue weighted by Gasteiger charge is -2.14. The molecule has 0 aliphatic carbocycles. The van der Waals surface area contributed by atoms with E-state index in [2.05, 4.69) is 0 Å². The normalized spacial score (nSPS) is 11.5. The number of nitro groups is 1. The first-order valence-electron chi connectivity index (χ1n) is 9.56. The van der Waals surface area contributed by atoms with Gasteiger partial charge in [-0.3, -0.25) is 14.9 Å². The zero-order valence-corrected chi connectivity index (χ0v) is 18.6. The van der Waals surface area contributed by atoms with Crippen LogP contribution in [0.15, 0.2) is 69.9 Å². The molecule has 0 spiro atoms. The molecule has 0 N–H and O–H groups in total. The first kappa shape index (κ1) is 24.2. The molecule has 0 aliphatic rings. The molecular weight excluding hydrogens is 514 g/mol. The maximum absolute atomic E-state index is 13.8. The molecule has 0 fully saturated rings. The van der Waals surface area contributed by atoms with Gasteiger partial charge in [-0.1, -0.05) is 41.4 Å². The van der Waals surface area contributed by atoms with E-state index in [9.17, 15) is 32.9 Å². The number of carbonyl (C=O) groups is 1. The van der Waals surface area contributed by atoms with Crippen molar-refractivity contribution >= 4 is 45.8 Å². The molecule has 4 aromatic rings. The topological polar surface area (TPSA) is 99.7 Å². The summed E-state index contributed by atoms with van der Waals surface area (Å²) in [6, 6.07) is 11.8. The average molecular weight is 524 g/mol. The molecule has 1 aromatic heterocycles. The van der Waals surface area contributed by atoms with Gasteiger partial charge in [0.15, 0.2) is 0 Å². The van der Waals surface area contributed by atoms with Crippen LogP contribution in [0.5, 0.6) is 5.75 Å². The number of non-ortho nitro benzene ring substituents is 1. The number of halogens is 5. The average Bonchev–Trinajstić information content (AvgIpc) is 2.79. The van der Waals surface area contributed by atoms with Crippen molar-refractivity contribution in [1.82, 2.24) is 0 Å². The highest BCUT2D eigenvalue weighted by Gasteiger charge is 2.40. The first-order valence-corrected chi connectivity index (χ1v) is 10.3. The number of nitrogens with zero attached hydrogens (tertiary/aromatic N) is 1. The standard InChI is InChI=1S/C23H10Cl2F3NO6/c24-16-4-2-1-3-13(16)19-20(30)14-7-6-12(10-18(14)35-21(19)23(26,27)28)34-22(31)15-9-11(29(32)33)5-8-17(15)25/h1-10H. The largest absolute Gasteiger partial charge is 0.450 e. The number of hydrogen-bond acceptors (Lipinski definition) is 6. The van der Waals surface area contributed by atoms with E-state index in [1.54, 1.807) is 0 Å². The highest BCUT2D eigenvalue weighted by molar-refractivity contribution is 6.34. The molecule has 1 heterocycles. The summed E-state index contributed by atoms with van der Waals surface area (Å²) < 4.78 is 51.6. The smallest absolute Gasteiger partial charge is 0.450 e. The van der Waals surface area contributed by atoms with Crippen molar-refractivity contribution in [3.63, 3.8) is 0 Å². The van der Waals surface area contributed by atoms with Gasteiger partial charge in [0.2, 0.25) is 11.2 Å². The van der Waals surface area contributed by atoms with Gasteiger partial charge in [-0.05, 0) is 24.3 Å². The van der Waals surface area contributed by atoms with Gasteiger partial charge in [-0.2, -0.15) is 13.2 Å². The van der Waals surface area contributed by atoms with Crippen molar-refractivity contribution in [3.8, 4) is 16.9 Å². The molecule has 178 valence electrons. The van der Waals surface area contributed by atoms with E-state index >= 15 is 0 Å². The lowest BCUT2D eigenvalue weighted by Crippen LogP contribution is -2.16. The number of benzene rings is 3. The fourth-order valence-electron chi connectivity index (χ4n) is 3.29. The van der Waals surface area contributed by atoms with Crippen LogP contribution >= 0.6 is 23.2 Å². The summed E-state index contributed by atoms with van der Waals surface area (Å²) in [4.78, 5) is 35.8. The van der Waals surface area contributed by atoms with Crippen LogP contribution in [0.25, 0.3) is 22.1 Å². The monoisotopic (exact) mass is 523 g/mol. The summed E-state index contributed by atoms with van der Waals surface area (Å²) in [6.45, 7) is 0. The van der Waals surface area contributed by atoms with Crippen molar-refractivity contribution in [2.75, 3.05) is 0 Å². The third-order valence-electron chi connectivity index (χ3n) is 4.86. The first-order chi connectivity index (χ1) is 16.5. The maximum Gasteiger partial charge on any atom is 0.450 e. The zero-order valence-electron chi connectivity index (χ0n) is 17.1. The Kier molecular flexibility index (Phi) is 6.27. The predicted octanol–water partition coefficient (Wildman–Crippen LogP) is 6.91. The van der Waals surface area contributed by atoms with Crippen LogP contribution in [0, 0.1) is 10.1 Å². The molecule has 12 heteroatoms. The van der Waals surface area contributed by atoms with Crippen LogP contribution in [-0.2, 0) is 6.18 Å². The summed E-state index contributed by atoms with van der Waals surface area (Å²) in [5.41, 5.74) is -3.18. The molecule has 0 unspecified atom stereocenters. The Labute approximate surface area is 203 Å². The minimum atomic E-state index is -5.05. The number of alkyl halides is 3. The number of nitro benzene ring substituents is 1. The molecule has 0 aliphatic heterocycles. The van der Waals surface area contributed by atoms with E-state index in [1.165, 1.54) is 24.3 Å². The second-order valence-corrected chi connectivity index (χ2v) is 7.90. The van der Waals surface area contributed by atoms with E-state index in [0.717, 1.165) is 36.4 Å². The Morgan fingerprint density at radius 2 is 1.71 bits per heavy atom. The van der Waals surface area contributed by atoms with Crippen molar-refractivity contribution in [1.29, 1.82) is 0 Å². The molecular formula is C23H10Cl2F3NO6. The van der Waals surface area contributed by atoms with Gasteiger partial charge in [-0.15, -0.1) is 0 Å². The maximum atomic E-state index is 13.8.